The molecule has 3 rings (SSSR count). The van der Waals surface area contributed by atoms with E-state index in [0.717, 1.165) is 30.5 Å². The molecule has 0 radical (unpaired) electrons. The predicted molar refractivity (Wildman–Crippen MR) is 107 cm³/mol. The number of pyridine rings is 1. The predicted octanol–water partition coefficient (Wildman–Crippen LogP) is 5.40. The summed E-state index contributed by atoms with van der Waals surface area (Å²) in [7, 11) is 0. The minimum atomic E-state index is -3.92. The largest absolute Gasteiger partial charge is 0.338 e. The van der Waals surface area contributed by atoms with Crippen molar-refractivity contribution in [3.63, 3.8) is 0 Å². The van der Waals surface area contributed by atoms with Crippen LogP contribution in [-0.4, -0.2) is 34.5 Å². The van der Waals surface area contributed by atoms with Crippen LogP contribution in [-0.2, 0) is 12.7 Å². The maximum atomic E-state index is 16.6. The number of nitrogens with zero attached hydrogens (tertiary/aromatic N) is 2. The van der Waals surface area contributed by atoms with Crippen LogP contribution in [0.4, 0.5) is 8.78 Å². The van der Waals surface area contributed by atoms with Crippen LogP contribution in [0.2, 0.25) is 5.02 Å². The summed E-state index contributed by atoms with van der Waals surface area (Å²) < 4.78 is 112. The van der Waals surface area contributed by atoms with Crippen LogP contribution in [0, 0.1) is 5.82 Å². The van der Waals surface area contributed by atoms with Crippen molar-refractivity contribution in [2.24, 2.45) is 0 Å². The number of carbonyl (C=O) groups is 1. The van der Waals surface area contributed by atoms with Crippen LogP contribution in [0.5, 0.6) is 0 Å². The number of hydrogen-bond acceptors (Lipinski definition) is 2. The molecule has 150 valence electrons. The van der Waals surface area contributed by atoms with E-state index in [2.05, 4.69) is 4.98 Å². The smallest absolute Gasteiger partial charge is 0.253 e. The number of halogens is 3. The van der Waals surface area contributed by atoms with Gasteiger partial charge in [-0.1, -0.05) is 24.6 Å². The summed E-state index contributed by atoms with van der Waals surface area (Å²) in [5.74, 6) is -1.80. The number of amides is 1. The quantitative estimate of drug-likeness (QED) is 0.631. The normalized spacial score (nSPS) is 26.6. The van der Waals surface area contributed by atoms with Gasteiger partial charge in [-0.2, -0.15) is 0 Å². The Morgan fingerprint density at radius 1 is 1.36 bits per heavy atom. The van der Waals surface area contributed by atoms with Crippen LogP contribution >= 0.6 is 11.6 Å². The molecule has 2 heterocycles. The first kappa shape index (κ1) is 11.2. The molecule has 1 aliphatic rings. The summed E-state index contributed by atoms with van der Waals surface area (Å²) in [6.45, 7) is -0.883. The van der Waals surface area contributed by atoms with E-state index in [4.69, 9.17) is 25.3 Å². The second-order valence-corrected chi connectivity index (χ2v) is 6.42. The van der Waals surface area contributed by atoms with E-state index in [1.54, 1.807) is 0 Å². The molecule has 0 aliphatic carbocycles. The fourth-order valence-corrected chi connectivity index (χ4v) is 2.69. The molecule has 0 N–H and O–H groups in total. The summed E-state index contributed by atoms with van der Waals surface area (Å²) in [4.78, 5) is 17.4. The number of hydrogen-bond donors (Lipinski definition) is 0. The highest BCUT2D eigenvalue weighted by Crippen LogP contribution is 2.32. The Kier molecular flexibility index (Phi) is 3.61. The third-order valence-electron chi connectivity index (χ3n) is 4.13. The molecule has 0 atom stereocenters. The van der Waals surface area contributed by atoms with Gasteiger partial charge in [-0.3, -0.25) is 9.78 Å². The lowest BCUT2D eigenvalue weighted by Gasteiger charge is -2.36. The van der Waals surface area contributed by atoms with Crippen molar-refractivity contribution in [2.45, 2.75) is 50.9 Å². The molecule has 1 aromatic carbocycles. The summed E-state index contributed by atoms with van der Waals surface area (Å²) in [5, 5.41) is -0.408. The van der Waals surface area contributed by atoms with Gasteiger partial charge in [0.1, 0.15) is 11.5 Å². The molecule has 1 amide bonds. The Labute approximate surface area is 183 Å². The van der Waals surface area contributed by atoms with Gasteiger partial charge in [-0.15, -0.1) is 0 Å². The summed E-state index contributed by atoms with van der Waals surface area (Å²) in [5.41, 5.74) is -4.38. The zero-order valence-electron chi connectivity index (χ0n) is 25.0. The minimum absolute atomic E-state index is 0.120. The van der Waals surface area contributed by atoms with Crippen LogP contribution < -0.4 is 0 Å². The highest BCUT2D eigenvalue weighted by atomic mass is 35.5. The SMILES string of the molecule is [2H]C([2H])(C)c1ccc(C([2H])([2H])CC([2H])([2H])C2(F)C([2H])([2H])CN(C(=O)c3ccc(F)c(Cl)c3)CC2([2H])[2H])nc1. The first-order chi connectivity index (χ1) is 17.1. The van der Waals surface area contributed by atoms with E-state index in [9.17, 15) is 9.18 Å². The number of likely N-dealkylation sites (tertiary alicyclic amines) is 1. The van der Waals surface area contributed by atoms with E-state index in [-0.39, 0.29) is 16.8 Å². The Morgan fingerprint density at radius 3 is 2.71 bits per heavy atom. The van der Waals surface area contributed by atoms with Crippen LogP contribution in [0.1, 0.15) is 67.8 Å². The number of alkyl halides is 1. The van der Waals surface area contributed by atoms with Crippen molar-refractivity contribution >= 4 is 17.5 Å². The number of aryl methyl sites for hydroxylation is 2. The van der Waals surface area contributed by atoms with Crippen molar-refractivity contribution in [3.8, 4) is 0 Å². The molecule has 2 aromatic rings. The summed E-state index contributed by atoms with van der Waals surface area (Å²) in [6, 6.07) is 5.24. The molecule has 1 aliphatic heterocycles. The molecule has 0 saturated carbocycles. The van der Waals surface area contributed by atoms with Gasteiger partial charge in [0.25, 0.3) is 5.91 Å². The Hall–Kier alpha value is -2.01. The van der Waals surface area contributed by atoms with E-state index in [1.165, 1.54) is 13.0 Å². The number of benzene rings is 1. The van der Waals surface area contributed by atoms with Crippen molar-refractivity contribution in [3.05, 3.63) is 64.2 Å². The molecule has 1 aromatic heterocycles. The number of aromatic nitrogens is 1. The standard InChI is InChI=1S/C22H25ClF2N2O/c1-2-16-5-7-18(26-15-16)4-3-9-22(25)10-12-27(13-11-22)21(28)17-6-8-20(24)19(23)14-17/h5-8,14-15H,2-4,9-13H2,1H3/i2D2,4D2,9D2,10D2,11D2. The van der Waals surface area contributed by atoms with Crippen LogP contribution in [0.25, 0.3) is 0 Å². The highest BCUT2D eigenvalue weighted by Gasteiger charge is 2.35. The molecule has 0 spiro atoms. The maximum absolute atomic E-state index is 16.6. The third kappa shape index (κ3) is 5.07. The van der Waals surface area contributed by atoms with Gasteiger partial charge in [-0.25, -0.2) is 8.78 Å². The first-order valence-electron chi connectivity index (χ1n) is 13.5. The molecule has 6 heteroatoms. The van der Waals surface area contributed by atoms with Gasteiger partial charge in [-0.05, 0) is 68.1 Å². The zero-order valence-corrected chi connectivity index (χ0v) is 15.8. The second-order valence-electron chi connectivity index (χ2n) is 6.01. The van der Waals surface area contributed by atoms with Crippen molar-refractivity contribution in [1.82, 2.24) is 9.88 Å². The van der Waals surface area contributed by atoms with E-state index >= 15 is 4.39 Å². The number of carbonyl (C=O) groups excluding carboxylic acids is 1. The minimum Gasteiger partial charge on any atom is -0.338 e. The van der Waals surface area contributed by atoms with Crippen molar-refractivity contribution < 1.29 is 27.3 Å². The zero-order chi connectivity index (χ0) is 29.1. The Bertz CT molecular complexity index is 1200. The lowest BCUT2D eigenvalue weighted by atomic mass is 9.87. The van der Waals surface area contributed by atoms with Crippen LogP contribution in [0.3, 0.4) is 0 Å². The monoisotopic (exact) mass is 416 g/mol. The van der Waals surface area contributed by atoms with Gasteiger partial charge in [0, 0.05) is 44.3 Å². The van der Waals surface area contributed by atoms with Gasteiger partial charge in [0.15, 0.2) is 0 Å². The Morgan fingerprint density at radius 2 is 2.11 bits per heavy atom. The lowest BCUT2D eigenvalue weighted by Crippen LogP contribution is -2.44. The highest BCUT2D eigenvalue weighted by molar-refractivity contribution is 6.31. The number of rotatable bonds is 6. The van der Waals surface area contributed by atoms with Crippen molar-refractivity contribution in [1.29, 1.82) is 0 Å². The lowest BCUT2D eigenvalue weighted by molar-refractivity contribution is 0.0389. The average molecular weight is 417 g/mol. The molecular weight excluding hydrogens is 382 g/mol. The molecule has 0 bridgehead atoms. The summed E-state index contributed by atoms with van der Waals surface area (Å²) in [6.07, 6.45) is -14.9. The average Bonchev–Trinajstić information content (AvgIpc) is 2.76. The molecule has 28 heavy (non-hydrogen) atoms. The molecule has 1 saturated heterocycles. The fraction of sp³-hybridized carbons (Fsp3) is 0.455. The van der Waals surface area contributed by atoms with Gasteiger partial charge in [0.05, 0.1) is 5.02 Å². The topological polar surface area (TPSA) is 33.2 Å². The second kappa shape index (κ2) is 8.99. The maximum Gasteiger partial charge on any atom is 0.253 e. The van der Waals surface area contributed by atoms with Gasteiger partial charge >= 0.3 is 0 Å². The van der Waals surface area contributed by atoms with Gasteiger partial charge < -0.3 is 4.90 Å². The molecular formula is C22H25ClF2N2O. The number of piperidine rings is 1. The van der Waals surface area contributed by atoms with E-state index in [0.29, 0.717) is 4.90 Å². The molecule has 3 nitrogen and oxygen atoms in total. The Balaban J connectivity index is 1.93. The molecule has 0 unspecified atom stereocenters. The first-order valence-corrected chi connectivity index (χ1v) is 8.84. The van der Waals surface area contributed by atoms with E-state index in [1.807, 2.05) is 0 Å². The van der Waals surface area contributed by atoms with Crippen molar-refractivity contribution in [2.75, 3.05) is 13.1 Å². The third-order valence-corrected chi connectivity index (χ3v) is 4.42. The van der Waals surface area contributed by atoms with Gasteiger partial charge in [0.2, 0.25) is 0 Å². The molecule has 1 fully saturated rings. The summed E-state index contributed by atoms with van der Waals surface area (Å²) >= 11 is 5.69. The fourth-order valence-electron chi connectivity index (χ4n) is 2.51. The van der Waals surface area contributed by atoms with Crippen LogP contribution in [0.15, 0.2) is 36.5 Å². The van der Waals surface area contributed by atoms with E-state index < -0.39 is 73.8 Å².